The second kappa shape index (κ2) is 6.97. The molecule has 2 aliphatic rings. The predicted molar refractivity (Wildman–Crippen MR) is 101 cm³/mol. The van der Waals surface area contributed by atoms with Crippen molar-refractivity contribution < 1.29 is 19.4 Å². The summed E-state index contributed by atoms with van der Waals surface area (Å²) in [5.74, 6) is -0.390. The van der Waals surface area contributed by atoms with Gasteiger partial charge in [0.15, 0.2) is 6.23 Å². The molecule has 2 aliphatic heterocycles. The van der Waals surface area contributed by atoms with Crippen LogP contribution in [0.3, 0.4) is 0 Å². The Bertz CT molecular complexity index is 960. The molecular weight excluding hydrogens is 362 g/mol. The first-order valence-corrected chi connectivity index (χ1v) is 9.02. The summed E-state index contributed by atoms with van der Waals surface area (Å²) in [7, 11) is 0. The number of fused-ring (bicyclic) bond motifs is 2. The quantitative estimate of drug-likeness (QED) is 0.756. The summed E-state index contributed by atoms with van der Waals surface area (Å²) in [6, 6.07) is 10.1. The van der Waals surface area contributed by atoms with Gasteiger partial charge in [-0.25, -0.2) is 4.79 Å². The lowest BCUT2D eigenvalue weighted by Gasteiger charge is -2.34. The van der Waals surface area contributed by atoms with Gasteiger partial charge in [-0.3, -0.25) is 9.36 Å². The van der Waals surface area contributed by atoms with Crippen LogP contribution in [-0.4, -0.2) is 45.0 Å². The molecule has 5 atom stereocenters. The fourth-order valence-corrected chi connectivity index (χ4v) is 3.69. The number of ether oxygens (including phenoxy) is 2. The Labute approximate surface area is 161 Å². The maximum Gasteiger partial charge on any atom is 0.351 e. The van der Waals surface area contributed by atoms with Crippen molar-refractivity contribution in [3.8, 4) is 0 Å². The van der Waals surface area contributed by atoms with E-state index in [-0.39, 0.29) is 24.2 Å². The van der Waals surface area contributed by atoms with E-state index in [0.717, 1.165) is 0 Å². The lowest BCUT2D eigenvalue weighted by Crippen LogP contribution is -2.46. The van der Waals surface area contributed by atoms with E-state index in [1.165, 1.54) is 16.8 Å². The van der Waals surface area contributed by atoms with Crippen LogP contribution in [-0.2, 0) is 9.47 Å². The van der Waals surface area contributed by atoms with E-state index in [2.05, 4.69) is 16.9 Å². The molecule has 8 nitrogen and oxygen atoms in total. The number of carbonyl (C=O) groups excluding carboxylic acids is 1. The molecule has 8 heteroatoms. The first kappa shape index (κ1) is 18.5. The molecule has 2 unspecified atom stereocenters. The highest BCUT2D eigenvalue weighted by molar-refractivity contribution is 6.03. The van der Waals surface area contributed by atoms with Gasteiger partial charge in [-0.05, 0) is 18.2 Å². The second-order valence-corrected chi connectivity index (χ2v) is 7.03. The Morgan fingerprint density at radius 3 is 2.86 bits per heavy atom. The monoisotopic (exact) mass is 383 g/mol. The Morgan fingerprint density at radius 1 is 1.43 bits per heavy atom. The minimum absolute atomic E-state index is 0.133. The number of aliphatic hydroxyl groups is 1. The van der Waals surface area contributed by atoms with Gasteiger partial charge in [0.2, 0.25) is 0 Å². The Morgan fingerprint density at radius 2 is 2.18 bits per heavy atom. The number of rotatable bonds is 5. The van der Waals surface area contributed by atoms with Crippen molar-refractivity contribution in [3.63, 3.8) is 0 Å². The average Bonchev–Trinajstić information content (AvgIpc) is 3.19. The zero-order valence-corrected chi connectivity index (χ0v) is 15.3. The fraction of sp³-hybridized carbons (Fsp3) is 0.350. The van der Waals surface area contributed by atoms with Gasteiger partial charge in [-0.1, -0.05) is 31.2 Å². The molecule has 2 aromatic rings. The summed E-state index contributed by atoms with van der Waals surface area (Å²) in [6.07, 6.45) is 0.816. The SMILES string of the molecule is C=C[C@H](C)C12COC([C@H](n3ccc(NC(=O)c4ccccc4)nc3=O)O1)[C@@H]2O. The number of hydrogen-bond donors (Lipinski definition) is 2. The van der Waals surface area contributed by atoms with Crippen molar-refractivity contribution in [1.29, 1.82) is 0 Å². The van der Waals surface area contributed by atoms with Gasteiger partial charge in [0.25, 0.3) is 5.91 Å². The molecule has 1 amide bonds. The first-order valence-electron chi connectivity index (χ1n) is 9.02. The van der Waals surface area contributed by atoms with Crippen molar-refractivity contribution in [2.75, 3.05) is 11.9 Å². The molecule has 1 aromatic heterocycles. The molecule has 0 radical (unpaired) electrons. The Hall–Kier alpha value is -2.81. The lowest BCUT2D eigenvalue weighted by atomic mass is 9.86. The van der Waals surface area contributed by atoms with Crippen molar-refractivity contribution in [2.45, 2.75) is 31.0 Å². The van der Waals surface area contributed by atoms with E-state index < -0.39 is 29.7 Å². The van der Waals surface area contributed by atoms with Crippen LogP contribution in [0.4, 0.5) is 5.82 Å². The first-order chi connectivity index (χ1) is 13.5. The third-order valence-corrected chi connectivity index (χ3v) is 5.44. The van der Waals surface area contributed by atoms with E-state index in [0.29, 0.717) is 5.56 Å². The van der Waals surface area contributed by atoms with Gasteiger partial charge in [0, 0.05) is 17.7 Å². The van der Waals surface area contributed by atoms with Gasteiger partial charge in [-0.2, -0.15) is 4.98 Å². The summed E-state index contributed by atoms with van der Waals surface area (Å²) in [5.41, 5.74) is -1.08. The number of carbonyl (C=O) groups is 1. The number of anilines is 1. The van der Waals surface area contributed by atoms with E-state index in [1.54, 1.807) is 30.3 Å². The van der Waals surface area contributed by atoms with Crippen LogP contribution in [0, 0.1) is 5.92 Å². The fourth-order valence-electron chi connectivity index (χ4n) is 3.69. The summed E-state index contributed by atoms with van der Waals surface area (Å²) in [5, 5.41) is 13.2. The molecule has 2 fully saturated rings. The largest absolute Gasteiger partial charge is 0.387 e. The molecule has 0 spiro atoms. The van der Waals surface area contributed by atoms with Crippen LogP contribution in [0.2, 0.25) is 0 Å². The normalized spacial score (nSPS) is 29.4. The molecule has 2 bridgehead atoms. The van der Waals surface area contributed by atoms with E-state index in [9.17, 15) is 14.7 Å². The van der Waals surface area contributed by atoms with Gasteiger partial charge in [-0.15, -0.1) is 6.58 Å². The smallest absolute Gasteiger partial charge is 0.351 e. The predicted octanol–water partition coefficient (Wildman–Crippen LogP) is 1.34. The van der Waals surface area contributed by atoms with Crippen LogP contribution in [0.25, 0.3) is 0 Å². The van der Waals surface area contributed by atoms with E-state index in [4.69, 9.17) is 9.47 Å². The second-order valence-electron chi connectivity index (χ2n) is 7.03. The van der Waals surface area contributed by atoms with Crippen molar-refractivity contribution in [1.82, 2.24) is 9.55 Å². The van der Waals surface area contributed by atoms with Crippen LogP contribution >= 0.6 is 0 Å². The summed E-state index contributed by atoms with van der Waals surface area (Å²) in [6.45, 7) is 5.88. The molecule has 28 heavy (non-hydrogen) atoms. The van der Waals surface area contributed by atoms with Crippen LogP contribution in [0.1, 0.15) is 23.5 Å². The Kier molecular flexibility index (Phi) is 4.62. The molecular formula is C20H21N3O5. The molecule has 146 valence electrons. The number of amides is 1. The highest BCUT2D eigenvalue weighted by Crippen LogP contribution is 2.48. The zero-order valence-electron chi connectivity index (χ0n) is 15.3. The molecule has 4 rings (SSSR count). The zero-order chi connectivity index (χ0) is 19.9. The summed E-state index contributed by atoms with van der Waals surface area (Å²) in [4.78, 5) is 28.7. The summed E-state index contributed by atoms with van der Waals surface area (Å²) < 4.78 is 13.0. The molecule has 3 heterocycles. The number of hydrogen-bond acceptors (Lipinski definition) is 6. The number of aromatic nitrogens is 2. The van der Waals surface area contributed by atoms with Crippen LogP contribution in [0.15, 0.2) is 60.0 Å². The standard InChI is InChI=1S/C20H21N3O5/c1-3-12(2)20-11-27-15(16(20)24)18(28-20)23-10-9-14(22-19(23)26)21-17(25)13-7-5-4-6-8-13/h3-10,12,15-16,18,24H,1,11H2,2H3,(H,21,22,25,26)/t12-,15?,16-,18+,20?/m0/s1. The van der Waals surface area contributed by atoms with Crippen molar-refractivity contribution >= 4 is 11.7 Å². The van der Waals surface area contributed by atoms with Crippen LogP contribution < -0.4 is 11.0 Å². The van der Waals surface area contributed by atoms with Gasteiger partial charge < -0.3 is 19.9 Å². The van der Waals surface area contributed by atoms with Crippen molar-refractivity contribution in [3.05, 3.63) is 71.3 Å². The number of benzene rings is 1. The molecule has 1 aromatic carbocycles. The Balaban J connectivity index is 1.56. The minimum Gasteiger partial charge on any atom is -0.387 e. The maximum atomic E-state index is 12.5. The highest BCUT2D eigenvalue weighted by atomic mass is 16.6. The lowest BCUT2D eigenvalue weighted by molar-refractivity contribution is -0.186. The number of aliphatic hydroxyl groups excluding tert-OH is 1. The molecule has 2 N–H and O–H groups in total. The van der Waals surface area contributed by atoms with Crippen LogP contribution in [0.5, 0.6) is 0 Å². The maximum absolute atomic E-state index is 12.5. The van der Waals surface area contributed by atoms with E-state index in [1.807, 2.05) is 13.0 Å². The summed E-state index contributed by atoms with van der Waals surface area (Å²) >= 11 is 0. The number of nitrogens with one attached hydrogen (secondary N) is 1. The van der Waals surface area contributed by atoms with E-state index >= 15 is 0 Å². The highest BCUT2D eigenvalue weighted by Gasteiger charge is 2.63. The third-order valence-electron chi connectivity index (χ3n) is 5.44. The van der Waals surface area contributed by atoms with Gasteiger partial charge in [0.1, 0.15) is 23.6 Å². The molecule has 2 saturated heterocycles. The minimum atomic E-state index is -0.934. The topological polar surface area (TPSA) is 103 Å². The van der Waals surface area contributed by atoms with Crippen molar-refractivity contribution in [2.24, 2.45) is 5.92 Å². The van der Waals surface area contributed by atoms with Gasteiger partial charge in [0.05, 0.1) is 6.61 Å². The third kappa shape index (κ3) is 2.86. The van der Waals surface area contributed by atoms with Gasteiger partial charge >= 0.3 is 5.69 Å². The molecule has 0 aliphatic carbocycles. The molecule has 0 saturated carbocycles. The average molecular weight is 383 g/mol. The number of nitrogens with zero attached hydrogens (tertiary/aromatic N) is 2.